The first kappa shape index (κ1) is 17.7. The largest absolute Gasteiger partial charge is 0.504 e. The molecule has 2 atom stereocenters. The minimum atomic E-state index is -0.489. The van der Waals surface area contributed by atoms with Crippen LogP contribution in [-0.2, 0) is 4.74 Å². The maximum atomic E-state index is 13.2. The van der Waals surface area contributed by atoms with Crippen molar-refractivity contribution in [2.75, 3.05) is 25.1 Å². The van der Waals surface area contributed by atoms with E-state index in [1.807, 2.05) is 43.3 Å². The van der Waals surface area contributed by atoms with E-state index in [-0.39, 0.29) is 17.8 Å². The maximum Gasteiger partial charge on any atom is 0.257 e. The van der Waals surface area contributed by atoms with Crippen LogP contribution in [0.2, 0.25) is 0 Å². The molecule has 2 aliphatic heterocycles. The average molecular weight is 368 g/mol. The summed E-state index contributed by atoms with van der Waals surface area (Å²) < 4.78 is 11.3. The zero-order valence-corrected chi connectivity index (χ0v) is 15.4. The number of phenolic OH excluding ortho intramolecular Hbond substituents is 1. The molecule has 2 heterocycles. The molecule has 2 aromatic carbocycles. The first-order chi connectivity index (χ1) is 13.2. The van der Waals surface area contributed by atoms with Gasteiger partial charge in [-0.05, 0) is 38.0 Å². The van der Waals surface area contributed by atoms with Crippen molar-refractivity contribution in [2.24, 2.45) is 0 Å². The van der Waals surface area contributed by atoms with E-state index in [1.165, 1.54) is 0 Å². The Morgan fingerprint density at radius 1 is 1.26 bits per heavy atom. The molecule has 0 aromatic heterocycles. The topological polar surface area (TPSA) is 71.0 Å². The molecule has 0 bridgehead atoms. The van der Waals surface area contributed by atoms with Crippen molar-refractivity contribution in [1.29, 1.82) is 0 Å². The monoisotopic (exact) mass is 368 g/mol. The number of rotatable bonds is 5. The predicted octanol–water partition coefficient (Wildman–Crippen LogP) is 3.54. The van der Waals surface area contributed by atoms with Crippen molar-refractivity contribution >= 4 is 11.6 Å². The van der Waals surface area contributed by atoms with E-state index in [0.717, 1.165) is 25.1 Å². The van der Waals surface area contributed by atoms with E-state index < -0.39 is 6.17 Å². The van der Waals surface area contributed by atoms with E-state index in [4.69, 9.17) is 9.47 Å². The van der Waals surface area contributed by atoms with Crippen molar-refractivity contribution < 1.29 is 19.4 Å². The van der Waals surface area contributed by atoms with Gasteiger partial charge in [0.1, 0.15) is 6.17 Å². The van der Waals surface area contributed by atoms with Crippen LogP contribution < -0.4 is 10.1 Å². The molecule has 0 aliphatic carbocycles. The van der Waals surface area contributed by atoms with Crippen LogP contribution in [0.1, 0.15) is 41.9 Å². The van der Waals surface area contributed by atoms with Gasteiger partial charge in [-0.1, -0.05) is 24.3 Å². The molecule has 0 spiro atoms. The van der Waals surface area contributed by atoms with E-state index in [2.05, 4.69) is 5.32 Å². The molecule has 0 radical (unpaired) electrons. The van der Waals surface area contributed by atoms with Crippen molar-refractivity contribution in [3.05, 3.63) is 53.6 Å². The summed E-state index contributed by atoms with van der Waals surface area (Å²) in [5.41, 5.74) is 2.01. The molecule has 2 aliphatic rings. The number of ether oxygens (including phenoxy) is 2. The Kier molecular flexibility index (Phi) is 4.90. The zero-order chi connectivity index (χ0) is 18.8. The van der Waals surface area contributed by atoms with Gasteiger partial charge in [-0.25, -0.2) is 0 Å². The second-order valence-electron chi connectivity index (χ2n) is 6.81. The Bertz CT molecular complexity index is 833. The van der Waals surface area contributed by atoms with Gasteiger partial charge in [-0.2, -0.15) is 0 Å². The quantitative estimate of drug-likeness (QED) is 0.845. The van der Waals surface area contributed by atoms with Crippen molar-refractivity contribution in [1.82, 2.24) is 4.90 Å². The minimum Gasteiger partial charge on any atom is -0.504 e. The number of nitrogens with zero attached hydrogens (tertiary/aromatic N) is 1. The first-order valence-corrected chi connectivity index (χ1v) is 9.42. The first-order valence-electron chi connectivity index (χ1n) is 9.42. The number of fused-ring (bicyclic) bond motifs is 1. The Morgan fingerprint density at radius 2 is 2.11 bits per heavy atom. The summed E-state index contributed by atoms with van der Waals surface area (Å²) >= 11 is 0. The fraction of sp³-hybridized carbons (Fsp3) is 0.381. The number of carbonyl (C=O) groups is 1. The Labute approximate surface area is 158 Å². The van der Waals surface area contributed by atoms with Crippen LogP contribution in [0.25, 0.3) is 0 Å². The molecular formula is C21H24N2O4. The third-order valence-electron chi connectivity index (χ3n) is 5.07. The highest BCUT2D eigenvalue weighted by Crippen LogP contribution is 2.40. The van der Waals surface area contributed by atoms with Gasteiger partial charge in [-0.15, -0.1) is 0 Å². The Morgan fingerprint density at radius 3 is 2.89 bits per heavy atom. The van der Waals surface area contributed by atoms with Crippen LogP contribution in [0.5, 0.6) is 11.5 Å². The lowest BCUT2D eigenvalue weighted by atomic mass is 10.0. The summed E-state index contributed by atoms with van der Waals surface area (Å²) in [6, 6.07) is 12.8. The number of amides is 1. The van der Waals surface area contributed by atoms with Crippen LogP contribution >= 0.6 is 0 Å². The normalized spacial score (nSPS) is 21.7. The molecule has 1 saturated heterocycles. The molecule has 2 N–H and O–H groups in total. The number of para-hydroxylation sites is 2. The smallest absolute Gasteiger partial charge is 0.257 e. The molecule has 4 rings (SSSR count). The van der Waals surface area contributed by atoms with E-state index in [9.17, 15) is 9.90 Å². The number of hydrogen-bond donors (Lipinski definition) is 2. The second kappa shape index (κ2) is 7.48. The average Bonchev–Trinajstić information content (AvgIpc) is 3.19. The van der Waals surface area contributed by atoms with Crippen molar-refractivity contribution in [2.45, 2.75) is 32.0 Å². The summed E-state index contributed by atoms with van der Waals surface area (Å²) in [4.78, 5) is 15.0. The third-order valence-corrected chi connectivity index (χ3v) is 5.07. The number of carbonyl (C=O) groups excluding carboxylic acids is 1. The molecule has 6 heteroatoms. The predicted molar refractivity (Wildman–Crippen MR) is 102 cm³/mol. The summed E-state index contributed by atoms with van der Waals surface area (Å²) in [5.74, 6) is 0.410. The highest BCUT2D eigenvalue weighted by atomic mass is 16.5. The van der Waals surface area contributed by atoms with Crippen LogP contribution in [0.15, 0.2) is 42.5 Å². The lowest BCUT2D eigenvalue weighted by Crippen LogP contribution is -2.46. The molecule has 1 fully saturated rings. The molecule has 6 nitrogen and oxygen atoms in total. The Hall–Kier alpha value is -2.73. The highest BCUT2D eigenvalue weighted by Gasteiger charge is 2.36. The van der Waals surface area contributed by atoms with E-state index >= 15 is 0 Å². The SMILES string of the molecule is CCOc1cccc([C@@H]2Nc3ccccc3C(=O)N2C[C@H]2CCCO2)c1O. The minimum absolute atomic E-state index is 0.0146. The van der Waals surface area contributed by atoms with Crippen LogP contribution in [0, 0.1) is 0 Å². The van der Waals surface area contributed by atoms with Crippen LogP contribution in [0.4, 0.5) is 5.69 Å². The maximum absolute atomic E-state index is 13.2. The molecule has 142 valence electrons. The number of nitrogens with one attached hydrogen (secondary N) is 1. The van der Waals surface area contributed by atoms with Gasteiger partial charge in [0.2, 0.25) is 0 Å². The van der Waals surface area contributed by atoms with Gasteiger partial charge in [0.15, 0.2) is 11.5 Å². The molecule has 0 saturated carbocycles. The third kappa shape index (κ3) is 3.32. The highest BCUT2D eigenvalue weighted by molar-refractivity contribution is 6.01. The fourth-order valence-electron chi connectivity index (χ4n) is 3.77. The molecule has 2 aromatic rings. The fourth-order valence-corrected chi connectivity index (χ4v) is 3.77. The van der Waals surface area contributed by atoms with Gasteiger partial charge in [-0.3, -0.25) is 4.79 Å². The molecule has 27 heavy (non-hydrogen) atoms. The summed E-state index contributed by atoms with van der Waals surface area (Å²) in [7, 11) is 0. The standard InChI is InChI=1S/C21H24N2O4/c1-2-26-18-11-5-9-16(19(18)24)20-22-17-10-4-3-8-15(17)21(25)23(20)13-14-7-6-12-27-14/h3-5,8-11,14,20,22,24H,2,6-7,12-13H2,1H3/t14-,20-/m1/s1. The number of anilines is 1. The number of hydrogen-bond acceptors (Lipinski definition) is 5. The van der Waals surface area contributed by atoms with E-state index in [1.54, 1.807) is 11.0 Å². The summed E-state index contributed by atoms with van der Waals surface area (Å²) in [5, 5.41) is 14.2. The summed E-state index contributed by atoms with van der Waals surface area (Å²) in [6.07, 6.45) is 1.47. The number of benzene rings is 2. The van der Waals surface area contributed by atoms with Crippen molar-refractivity contribution in [3.63, 3.8) is 0 Å². The molecule has 0 unspecified atom stereocenters. The van der Waals surface area contributed by atoms with Crippen LogP contribution in [-0.4, -0.2) is 41.8 Å². The van der Waals surface area contributed by atoms with Gasteiger partial charge in [0, 0.05) is 24.4 Å². The van der Waals surface area contributed by atoms with Gasteiger partial charge in [0.25, 0.3) is 5.91 Å². The number of phenols is 1. The lowest BCUT2D eigenvalue weighted by Gasteiger charge is -2.39. The van der Waals surface area contributed by atoms with Crippen LogP contribution in [0.3, 0.4) is 0 Å². The molecular weight excluding hydrogens is 344 g/mol. The molecule has 1 amide bonds. The Balaban J connectivity index is 1.74. The second-order valence-corrected chi connectivity index (χ2v) is 6.81. The van der Waals surface area contributed by atoms with Gasteiger partial charge < -0.3 is 24.8 Å². The van der Waals surface area contributed by atoms with Gasteiger partial charge >= 0.3 is 0 Å². The van der Waals surface area contributed by atoms with Crippen molar-refractivity contribution in [3.8, 4) is 11.5 Å². The number of aromatic hydroxyl groups is 1. The van der Waals surface area contributed by atoms with E-state index in [0.29, 0.717) is 30.0 Å². The zero-order valence-electron chi connectivity index (χ0n) is 15.4. The lowest BCUT2D eigenvalue weighted by molar-refractivity contribution is 0.0424. The summed E-state index contributed by atoms with van der Waals surface area (Å²) in [6.45, 7) is 3.53. The van der Waals surface area contributed by atoms with Gasteiger partial charge in [0.05, 0.1) is 18.3 Å².